The van der Waals surface area contributed by atoms with Crippen molar-refractivity contribution in [3.05, 3.63) is 218 Å². The van der Waals surface area contributed by atoms with E-state index in [0.29, 0.717) is 5.95 Å². The Morgan fingerprint density at radius 3 is 1.63 bits per heavy atom. The van der Waals surface area contributed by atoms with E-state index in [2.05, 4.69) is 228 Å². The lowest BCUT2D eigenvalue weighted by atomic mass is 9.94. The minimum atomic E-state index is 0.635. The van der Waals surface area contributed by atoms with Crippen LogP contribution in [-0.2, 0) is 0 Å². The molecule has 13 rings (SSSR count). The minimum Gasteiger partial charge on any atom is -0.309 e. The van der Waals surface area contributed by atoms with Gasteiger partial charge in [0.25, 0.3) is 0 Å². The van der Waals surface area contributed by atoms with Crippen molar-refractivity contribution in [1.82, 2.24) is 19.1 Å². The van der Waals surface area contributed by atoms with E-state index in [4.69, 9.17) is 9.97 Å². The third-order valence-electron chi connectivity index (χ3n) is 12.6. The van der Waals surface area contributed by atoms with Crippen molar-refractivity contribution in [2.75, 3.05) is 0 Å². The molecular formula is C58H36N4. The second-order valence-corrected chi connectivity index (χ2v) is 16.2. The van der Waals surface area contributed by atoms with Crippen molar-refractivity contribution in [2.45, 2.75) is 0 Å². The molecule has 0 amide bonds. The molecule has 62 heavy (non-hydrogen) atoms. The van der Waals surface area contributed by atoms with Crippen LogP contribution < -0.4 is 0 Å². The van der Waals surface area contributed by atoms with E-state index in [9.17, 15) is 0 Å². The molecule has 0 saturated carbocycles. The van der Waals surface area contributed by atoms with Crippen LogP contribution in [0.3, 0.4) is 0 Å². The van der Waals surface area contributed by atoms with Crippen molar-refractivity contribution < 1.29 is 0 Å². The fourth-order valence-electron chi connectivity index (χ4n) is 9.79. The van der Waals surface area contributed by atoms with Crippen LogP contribution in [0.4, 0.5) is 0 Å². The standard InChI is InChI=1S/C58H36N4/c1-3-15-37(16-4-1)42-31-43(38-17-5-2-6-18-38)33-44(32-42)56-49-24-11-13-25-52(49)59-58(60-56)62-54-30-28-45(36-51(54)50-34-40-20-7-8-21-41(40)35-55(50)62)61-53-26-14-12-23-47(53)48-29-27-39-19-9-10-22-46(39)57(48)61/h1-36H. The highest BCUT2D eigenvalue weighted by Crippen LogP contribution is 2.41. The number of fused-ring (bicyclic) bond motifs is 10. The number of para-hydroxylation sites is 2. The molecule has 0 spiro atoms. The predicted molar refractivity (Wildman–Crippen MR) is 260 cm³/mol. The molecule has 288 valence electrons. The highest BCUT2D eigenvalue weighted by Gasteiger charge is 2.21. The van der Waals surface area contributed by atoms with Crippen LogP contribution >= 0.6 is 0 Å². The zero-order chi connectivity index (χ0) is 40.7. The number of aromatic nitrogens is 4. The van der Waals surface area contributed by atoms with Crippen LogP contribution in [-0.4, -0.2) is 19.1 Å². The lowest BCUT2D eigenvalue weighted by Gasteiger charge is -2.15. The van der Waals surface area contributed by atoms with E-state index in [0.717, 1.165) is 71.9 Å². The Balaban J connectivity index is 1.10. The number of benzene rings is 10. The summed E-state index contributed by atoms with van der Waals surface area (Å²) in [4.78, 5) is 11.0. The van der Waals surface area contributed by atoms with Gasteiger partial charge in [0.05, 0.1) is 33.3 Å². The first kappa shape index (κ1) is 34.5. The second-order valence-electron chi connectivity index (χ2n) is 16.2. The molecule has 3 aromatic heterocycles. The fourth-order valence-corrected chi connectivity index (χ4v) is 9.79. The normalized spacial score (nSPS) is 11.9. The summed E-state index contributed by atoms with van der Waals surface area (Å²) in [5, 5.41) is 10.6. The van der Waals surface area contributed by atoms with Crippen molar-refractivity contribution >= 4 is 76.1 Å². The number of nitrogens with zero attached hydrogens (tertiary/aromatic N) is 4. The maximum atomic E-state index is 5.60. The van der Waals surface area contributed by atoms with Crippen molar-refractivity contribution in [3.8, 4) is 45.1 Å². The third kappa shape index (κ3) is 5.33. The second kappa shape index (κ2) is 13.6. The highest BCUT2D eigenvalue weighted by atomic mass is 15.2. The average molecular weight is 789 g/mol. The van der Waals surface area contributed by atoms with E-state index in [1.165, 1.54) is 43.4 Å². The third-order valence-corrected chi connectivity index (χ3v) is 12.6. The van der Waals surface area contributed by atoms with E-state index in [-0.39, 0.29) is 0 Å². The van der Waals surface area contributed by atoms with E-state index in [1.807, 2.05) is 0 Å². The van der Waals surface area contributed by atoms with Gasteiger partial charge in [-0.1, -0.05) is 158 Å². The van der Waals surface area contributed by atoms with E-state index in [1.54, 1.807) is 0 Å². The Hall–Kier alpha value is -8.34. The van der Waals surface area contributed by atoms with Gasteiger partial charge in [-0.25, -0.2) is 9.97 Å². The number of hydrogen-bond acceptors (Lipinski definition) is 2. The first-order valence-electron chi connectivity index (χ1n) is 21.2. The molecule has 0 bridgehead atoms. The topological polar surface area (TPSA) is 35.6 Å². The van der Waals surface area contributed by atoms with Crippen LogP contribution in [0, 0.1) is 0 Å². The van der Waals surface area contributed by atoms with Crippen molar-refractivity contribution in [1.29, 1.82) is 0 Å². The summed E-state index contributed by atoms with van der Waals surface area (Å²) in [6, 6.07) is 78.7. The molecule has 3 heterocycles. The summed E-state index contributed by atoms with van der Waals surface area (Å²) >= 11 is 0. The summed E-state index contributed by atoms with van der Waals surface area (Å²) in [5.41, 5.74) is 13.0. The summed E-state index contributed by atoms with van der Waals surface area (Å²) in [7, 11) is 0. The lowest BCUT2D eigenvalue weighted by Crippen LogP contribution is -2.04. The van der Waals surface area contributed by atoms with Crippen LogP contribution in [0.1, 0.15) is 0 Å². The van der Waals surface area contributed by atoms with Crippen LogP contribution in [0.15, 0.2) is 218 Å². The summed E-state index contributed by atoms with van der Waals surface area (Å²) < 4.78 is 4.72. The van der Waals surface area contributed by atoms with Crippen molar-refractivity contribution in [2.24, 2.45) is 0 Å². The molecule has 0 atom stereocenters. The summed E-state index contributed by atoms with van der Waals surface area (Å²) in [6.07, 6.45) is 0. The molecule has 4 heteroatoms. The molecule has 0 radical (unpaired) electrons. The molecule has 0 aliphatic heterocycles. The molecule has 0 fully saturated rings. The van der Waals surface area contributed by atoms with Gasteiger partial charge >= 0.3 is 0 Å². The predicted octanol–water partition coefficient (Wildman–Crippen LogP) is 15.1. The fraction of sp³-hybridized carbons (Fsp3) is 0. The van der Waals surface area contributed by atoms with E-state index >= 15 is 0 Å². The van der Waals surface area contributed by atoms with Gasteiger partial charge in [0, 0.05) is 43.6 Å². The molecule has 0 aliphatic rings. The molecule has 0 unspecified atom stereocenters. The van der Waals surface area contributed by atoms with Crippen molar-refractivity contribution in [3.63, 3.8) is 0 Å². The Bertz CT molecular complexity index is 3860. The average Bonchev–Trinajstić information content (AvgIpc) is 3.85. The molecule has 4 nitrogen and oxygen atoms in total. The Morgan fingerprint density at radius 1 is 0.290 bits per heavy atom. The minimum absolute atomic E-state index is 0.635. The monoisotopic (exact) mass is 788 g/mol. The van der Waals surface area contributed by atoms with Gasteiger partial charge in [-0.15, -0.1) is 0 Å². The Labute approximate surface area is 357 Å². The van der Waals surface area contributed by atoms with Crippen LogP contribution in [0.25, 0.3) is 121 Å². The first-order chi connectivity index (χ1) is 30.7. The zero-order valence-corrected chi connectivity index (χ0v) is 33.6. The Morgan fingerprint density at radius 2 is 0.871 bits per heavy atom. The lowest BCUT2D eigenvalue weighted by molar-refractivity contribution is 1.01. The Kier molecular flexibility index (Phi) is 7.57. The maximum absolute atomic E-state index is 5.60. The van der Waals surface area contributed by atoms with Crippen LogP contribution in [0.5, 0.6) is 0 Å². The molecule has 13 aromatic rings. The van der Waals surface area contributed by atoms with Crippen LogP contribution in [0.2, 0.25) is 0 Å². The smallest absolute Gasteiger partial charge is 0.235 e. The van der Waals surface area contributed by atoms with Gasteiger partial charge < -0.3 is 4.57 Å². The van der Waals surface area contributed by atoms with Gasteiger partial charge in [-0.2, -0.15) is 0 Å². The van der Waals surface area contributed by atoms with E-state index < -0.39 is 0 Å². The SMILES string of the molecule is c1ccc(-c2cc(-c3ccccc3)cc(-c3nc(-n4c5ccc(-n6c7ccccc7c7ccc8ccccc8c76)cc5c5cc6ccccc6cc54)nc4ccccc34)c2)cc1. The molecule has 0 saturated heterocycles. The van der Waals surface area contributed by atoms with Gasteiger partial charge in [0.2, 0.25) is 5.95 Å². The van der Waals surface area contributed by atoms with Gasteiger partial charge in [-0.05, 0) is 99.1 Å². The number of hydrogen-bond donors (Lipinski definition) is 0. The number of rotatable bonds is 5. The highest BCUT2D eigenvalue weighted by molar-refractivity contribution is 6.19. The largest absolute Gasteiger partial charge is 0.309 e. The zero-order valence-electron chi connectivity index (χ0n) is 33.6. The molecule has 10 aromatic carbocycles. The first-order valence-corrected chi connectivity index (χ1v) is 21.2. The van der Waals surface area contributed by atoms with Gasteiger partial charge in [0.1, 0.15) is 0 Å². The molecule has 0 N–H and O–H groups in total. The van der Waals surface area contributed by atoms with Gasteiger partial charge in [-0.3, -0.25) is 4.57 Å². The molecule has 0 aliphatic carbocycles. The summed E-state index contributed by atoms with van der Waals surface area (Å²) in [6.45, 7) is 0. The summed E-state index contributed by atoms with van der Waals surface area (Å²) in [5.74, 6) is 0.635. The van der Waals surface area contributed by atoms with Gasteiger partial charge in [0.15, 0.2) is 0 Å². The quantitative estimate of drug-likeness (QED) is 0.174. The maximum Gasteiger partial charge on any atom is 0.235 e. The molecular weight excluding hydrogens is 753 g/mol.